The first-order valence-corrected chi connectivity index (χ1v) is 5.98. The van der Waals surface area contributed by atoms with Crippen molar-refractivity contribution in [3.63, 3.8) is 0 Å². The van der Waals surface area contributed by atoms with Crippen LogP contribution < -0.4 is 10.5 Å². The zero-order chi connectivity index (χ0) is 14.1. The largest absolute Gasteiger partial charge is 0.496 e. The van der Waals surface area contributed by atoms with Gasteiger partial charge in [0.05, 0.1) is 23.7 Å². The zero-order valence-electron chi connectivity index (χ0n) is 10.8. The molecule has 20 heavy (non-hydrogen) atoms. The Labute approximate surface area is 114 Å². The van der Waals surface area contributed by atoms with Crippen molar-refractivity contribution in [2.45, 2.75) is 0 Å². The van der Waals surface area contributed by atoms with Crippen molar-refractivity contribution in [3.8, 4) is 17.1 Å². The maximum absolute atomic E-state index is 11.5. The van der Waals surface area contributed by atoms with Gasteiger partial charge in [0.25, 0.3) is 5.91 Å². The molecular formula is C14H12N4O2. The fraction of sp³-hybridized carbons (Fsp3) is 0.0714. The first-order chi connectivity index (χ1) is 9.70. The monoisotopic (exact) mass is 268 g/mol. The standard InChI is InChI=1S/C14H12N4O2/c1-20-10-6-7-16-12(13(15)19)11(10)14-17-8-4-2-3-5-9(8)18-14/h2-7H,1H3,(H2,15,19)(H,17,18). The number of benzene rings is 1. The van der Waals surface area contributed by atoms with Crippen LogP contribution in [0.1, 0.15) is 10.5 Å². The smallest absolute Gasteiger partial charge is 0.268 e. The third-order valence-corrected chi connectivity index (χ3v) is 2.99. The van der Waals surface area contributed by atoms with Gasteiger partial charge in [-0.3, -0.25) is 9.78 Å². The van der Waals surface area contributed by atoms with E-state index in [-0.39, 0.29) is 5.69 Å². The van der Waals surface area contributed by atoms with Crippen LogP contribution in [-0.2, 0) is 0 Å². The second-order valence-corrected chi connectivity index (χ2v) is 4.20. The maximum Gasteiger partial charge on any atom is 0.268 e. The molecule has 2 heterocycles. The first-order valence-electron chi connectivity index (χ1n) is 5.98. The molecule has 0 fully saturated rings. The second-order valence-electron chi connectivity index (χ2n) is 4.20. The first kappa shape index (κ1) is 12.2. The number of carbonyl (C=O) groups is 1. The van der Waals surface area contributed by atoms with Crippen LogP contribution in [0, 0.1) is 0 Å². The number of nitrogens with zero attached hydrogens (tertiary/aromatic N) is 2. The fourth-order valence-electron chi connectivity index (χ4n) is 2.10. The van der Waals surface area contributed by atoms with E-state index in [9.17, 15) is 4.79 Å². The lowest BCUT2D eigenvalue weighted by molar-refractivity contribution is 0.0996. The molecule has 2 aromatic heterocycles. The predicted molar refractivity (Wildman–Crippen MR) is 74.4 cm³/mol. The summed E-state index contributed by atoms with van der Waals surface area (Å²) in [4.78, 5) is 23.2. The van der Waals surface area contributed by atoms with Crippen molar-refractivity contribution in [1.82, 2.24) is 15.0 Å². The van der Waals surface area contributed by atoms with Gasteiger partial charge in [-0.1, -0.05) is 12.1 Å². The number of rotatable bonds is 3. The minimum absolute atomic E-state index is 0.128. The van der Waals surface area contributed by atoms with Gasteiger partial charge in [-0.15, -0.1) is 0 Å². The molecule has 0 aliphatic rings. The Bertz CT molecular complexity index is 762. The SMILES string of the molecule is COc1ccnc(C(N)=O)c1-c1nc2ccccc2[nH]1. The van der Waals surface area contributed by atoms with Gasteiger partial charge in [-0.25, -0.2) is 4.98 Å². The van der Waals surface area contributed by atoms with Gasteiger partial charge in [-0.2, -0.15) is 0 Å². The number of methoxy groups -OCH3 is 1. The minimum Gasteiger partial charge on any atom is -0.496 e. The number of carbonyl (C=O) groups excluding carboxylic acids is 1. The summed E-state index contributed by atoms with van der Waals surface area (Å²) in [6.45, 7) is 0. The second kappa shape index (κ2) is 4.65. The highest BCUT2D eigenvalue weighted by Gasteiger charge is 2.19. The lowest BCUT2D eigenvalue weighted by Crippen LogP contribution is -2.15. The van der Waals surface area contributed by atoms with Crippen LogP contribution in [0.2, 0.25) is 0 Å². The number of ether oxygens (including phenoxy) is 1. The van der Waals surface area contributed by atoms with Crippen molar-refractivity contribution in [2.75, 3.05) is 7.11 Å². The van der Waals surface area contributed by atoms with Gasteiger partial charge in [-0.05, 0) is 18.2 Å². The Kier molecular flexibility index (Phi) is 2.83. The summed E-state index contributed by atoms with van der Waals surface area (Å²) in [6.07, 6.45) is 1.48. The average molecular weight is 268 g/mol. The summed E-state index contributed by atoms with van der Waals surface area (Å²) < 4.78 is 5.28. The van der Waals surface area contributed by atoms with Crippen LogP contribution in [0.5, 0.6) is 5.75 Å². The Morgan fingerprint density at radius 1 is 1.30 bits per heavy atom. The highest BCUT2D eigenvalue weighted by Crippen LogP contribution is 2.31. The lowest BCUT2D eigenvalue weighted by Gasteiger charge is -2.08. The number of para-hydroxylation sites is 2. The Morgan fingerprint density at radius 2 is 2.10 bits per heavy atom. The summed E-state index contributed by atoms with van der Waals surface area (Å²) in [7, 11) is 1.52. The van der Waals surface area contributed by atoms with Gasteiger partial charge >= 0.3 is 0 Å². The van der Waals surface area contributed by atoms with Gasteiger partial charge < -0.3 is 15.5 Å². The number of amides is 1. The molecule has 0 radical (unpaired) electrons. The van der Waals surface area contributed by atoms with Crippen LogP contribution in [-0.4, -0.2) is 28.0 Å². The highest BCUT2D eigenvalue weighted by molar-refractivity contribution is 5.99. The summed E-state index contributed by atoms with van der Waals surface area (Å²) in [6, 6.07) is 9.23. The number of nitrogens with two attached hydrogens (primary N) is 1. The van der Waals surface area contributed by atoms with Crippen LogP contribution >= 0.6 is 0 Å². The van der Waals surface area contributed by atoms with Gasteiger partial charge in [0, 0.05) is 6.20 Å². The van der Waals surface area contributed by atoms with E-state index in [2.05, 4.69) is 15.0 Å². The van der Waals surface area contributed by atoms with E-state index in [0.717, 1.165) is 11.0 Å². The summed E-state index contributed by atoms with van der Waals surface area (Å²) in [5.41, 5.74) is 7.63. The molecule has 3 aromatic rings. The summed E-state index contributed by atoms with van der Waals surface area (Å²) >= 11 is 0. The van der Waals surface area contributed by atoms with E-state index in [1.54, 1.807) is 6.07 Å². The van der Waals surface area contributed by atoms with Gasteiger partial charge in [0.1, 0.15) is 17.3 Å². The molecule has 6 heteroatoms. The number of aromatic amines is 1. The molecular weight excluding hydrogens is 256 g/mol. The van der Waals surface area contributed by atoms with E-state index in [4.69, 9.17) is 10.5 Å². The molecule has 0 bridgehead atoms. The minimum atomic E-state index is -0.626. The quantitative estimate of drug-likeness (QED) is 0.756. The Morgan fingerprint density at radius 3 is 2.80 bits per heavy atom. The molecule has 0 aliphatic carbocycles. The van der Waals surface area contributed by atoms with E-state index in [0.29, 0.717) is 17.1 Å². The van der Waals surface area contributed by atoms with E-state index >= 15 is 0 Å². The number of hydrogen-bond donors (Lipinski definition) is 2. The van der Waals surface area contributed by atoms with Gasteiger partial charge in [0.2, 0.25) is 0 Å². The molecule has 0 saturated carbocycles. The molecule has 3 N–H and O–H groups in total. The van der Waals surface area contributed by atoms with Crippen molar-refractivity contribution < 1.29 is 9.53 Å². The molecule has 0 aliphatic heterocycles. The van der Waals surface area contributed by atoms with E-state index in [1.165, 1.54) is 13.3 Å². The van der Waals surface area contributed by atoms with Crippen molar-refractivity contribution in [2.24, 2.45) is 5.73 Å². The maximum atomic E-state index is 11.5. The molecule has 6 nitrogen and oxygen atoms in total. The Hall–Kier alpha value is -2.89. The van der Waals surface area contributed by atoms with Crippen molar-refractivity contribution >= 4 is 16.9 Å². The van der Waals surface area contributed by atoms with Gasteiger partial charge in [0.15, 0.2) is 0 Å². The van der Waals surface area contributed by atoms with Crippen LogP contribution in [0.3, 0.4) is 0 Å². The zero-order valence-corrected chi connectivity index (χ0v) is 10.8. The number of imidazole rings is 1. The summed E-state index contributed by atoms with van der Waals surface area (Å²) in [5, 5.41) is 0. The molecule has 0 atom stereocenters. The fourth-order valence-corrected chi connectivity index (χ4v) is 2.10. The highest BCUT2D eigenvalue weighted by atomic mass is 16.5. The number of aromatic nitrogens is 3. The average Bonchev–Trinajstić information content (AvgIpc) is 2.89. The van der Waals surface area contributed by atoms with Crippen LogP contribution in [0.4, 0.5) is 0 Å². The van der Waals surface area contributed by atoms with Crippen molar-refractivity contribution in [1.29, 1.82) is 0 Å². The molecule has 0 saturated heterocycles. The molecule has 0 spiro atoms. The lowest BCUT2D eigenvalue weighted by atomic mass is 10.1. The topological polar surface area (TPSA) is 93.9 Å². The number of nitrogens with one attached hydrogen (secondary N) is 1. The number of pyridine rings is 1. The van der Waals surface area contributed by atoms with Crippen LogP contribution in [0.15, 0.2) is 36.5 Å². The molecule has 1 amide bonds. The van der Waals surface area contributed by atoms with Crippen LogP contribution in [0.25, 0.3) is 22.4 Å². The number of hydrogen-bond acceptors (Lipinski definition) is 4. The number of fused-ring (bicyclic) bond motifs is 1. The number of H-pyrrole nitrogens is 1. The normalized spacial score (nSPS) is 10.7. The van der Waals surface area contributed by atoms with E-state index in [1.807, 2.05) is 24.3 Å². The molecule has 1 aromatic carbocycles. The molecule has 3 rings (SSSR count). The Balaban J connectivity index is 2.29. The third-order valence-electron chi connectivity index (χ3n) is 2.99. The van der Waals surface area contributed by atoms with E-state index < -0.39 is 5.91 Å². The molecule has 0 unspecified atom stereocenters. The third kappa shape index (κ3) is 1.87. The molecule has 100 valence electrons. The summed E-state index contributed by atoms with van der Waals surface area (Å²) in [5.74, 6) is 0.372. The number of primary amides is 1. The predicted octanol–water partition coefficient (Wildman–Crippen LogP) is 1.73. The van der Waals surface area contributed by atoms with Crippen molar-refractivity contribution in [3.05, 3.63) is 42.2 Å².